The number of hydrogen-bond acceptors (Lipinski definition) is 2. The molecule has 0 aromatic rings. The molecule has 0 saturated heterocycles. The molecular weight excluding hydrogens is 180 g/mol. The highest BCUT2D eigenvalue weighted by atomic mass is 16.5. The lowest BCUT2D eigenvalue weighted by molar-refractivity contribution is 0.148. The molecule has 1 atom stereocenters. The summed E-state index contributed by atoms with van der Waals surface area (Å²) < 4.78 is 5.03. The highest BCUT2D eigenvalue weighted by Crippen LogP contribution is 2.01. The van der Waals surface area contributed by atoms with Crippen LogP contribution in [0.4, 0.5) is 4.79 Å². The molecule has 2 amide bonds. The number of carbonyl (C=O) groups is 1. The van der Waals surface area contributed by atoms with Gasteiger partial charge in [-0.15, -0.1) is 0 Å². The largest absolute Gasteiger partial charge is 0.383 e. The number of ether oxygens (including phenoxy) is 1. The van der Waals surface area contributed by atoms with Crippen LogP contribution in [0.5, 0.6) is 0 Å². The average Bonchev–Trinajstić information content (AvgIpc) is 2.14. The van der Waals surface area contributed by atoms with Gasteiger partial charge in [0.2, 0.25) is 0 Å². The van der Waals surface area contributed by atoms with Gasteiger partial charge in [0.05, 0.1) is 12.6 Å². The normalized spacial score (nSPS) is 12.6. The van der Waals surface area contributed by atoms with Crippen molar-refractivity contribution in [1.29, 1.82) is 0 Å². The first kappa shape index (κ1) is 13.2. The van der Waals surface area contributed by atoms with Gasteiger partial charge in [-0.25, -0.2) is 4.79 Å². The van der Waals surface area contributed by atoms with Crippen LogP contribution in [-0.2, 0) is 4.74 Å². The van der Waals surface area contributed by atoms with E-state index in [4.69, 9.17) is 4.74 Å². The van der Waals surface area contributed by atoms with E-state index in [1.165, 1.54) is 0 Å². The topological polar surface area (TPSA) is 50.4 Å². The molecule has 0 rings (SSSR count). The minimum Gasteiger partial charge on any atom is -0.383 e. The first-order valence-electron chi connectivity index (χ1n) is 5.15. The van der Waals surface area contributed by atoms with Gasteiger partial charge < -0.3 is 15.4 Å². The standard InChI is InChI=1S/C10H22N2O2/c1-5-6-11-10(13)12-9(7-14-4)8(2)3/h8-9H,5-7H2,1-4H3,(H2,11,12,13). The van der Waals surface area contributed by atoms with Gasteiger partial charge in [0.1, 0.15) is 0 Å². The summed E-state index contributed by atoms with van der Waals surface area (Å²) in [5, 5.41) is 5.65. The third-order valence-electron chi connectivity index (χ3n) is 2.00. The van der Waals surface area contributed by atoms with Crippen LogP contribution < -0.4 is 10.6 Å². The minimum absolute atomic E-state index is 0.0804. The number of nitrogens with one attached hydrogen (secondary N) is 2. The number of urea groups is 1. The van der Waals surface area contributed by atoms with Crippen LogP contribution in [0.2, 0.25) is 0 Å². The van der Waals surface area contributed by atoms with Gasteiger partial charge in [0.15, 0.2) is 0 Å². The van der Waals surface area contributed by atoms with Gasteiger partial charge in [0, 0.05) is 13.7 Å². The second kappa shape index (κ2) is 7.62. The second-order valence-corrected chi connectivity index (χ2v) is 3.71. The Morgan fingerprint density at radius 1 is 1.43 bits per heavy atom. The van der Waals surface area contributed by atoms with Gasteiger partial charge in [-0.1, -0.05) is 20.8 Å². The Balaban J connectivity index is 3.83. The van der Waals surface area contributed by atoms with Crippen molar-refractivity contribution >= 4 is 6.03 Å². The molecule has 0 aromatic carbocycles. The number of amides is 2. The van der Waals surface area contributed by atoms with Crippen molar-refractivity contribution in [1.82, 2.24) is 10.6 Å². The van der Waals surface area contributed by atoms with Crippen molar-refractivity contribution in [2.24, 2.45) is 5.92 Å². The average molecular weight is 202 g/mol. The Kier molecular flexibility index (Phi) is 7.20. The summed E-state index contributed by atoms with van der Waals surface area (Å²) in [7, 11) is 1.64. The van der Waals surface area contributed by atoms with Crippen molar-refractivity contribution in [2.45, 2.75) is 33.2 Å². The molecule has 14 heavy (non-hydrogen) atoms. The van der Waals surface area contributed by atoms with Crippen LogP contribution in [0.25, 0.3) is 0 Å². The predicted octanol–water partition coefficient (Wildman–Crippen LogP) is 1.37. The molecule has 0 aromatic heterocycles. The molecule has 84 valence electrons. The summed E-state index contributed by atoms with van der Waals surface area (Å²) in [6.45, 7) is 7.41. The third kappa shape index (κ3) is 5.80. The van der Waals surface area contributed by atoms with E-state index in [2.05, 4.69) is 24.5 Å². The molecule has 0 aliphatic heterocycles. The lowest BCUT2D eigenvalue weighted by atomic mass is 10.1. The van der Waals surface area contributed by atoms with Gasteiger partial charge in [-0.3, -0.25) is 0 Å². The summed E-state index contributed by atoms with van der Waals surface area (Å²) in [5.41, 5.74) is 0. The van der Waals surface area contributed by atoms with E-state index >= 15 is 0 Å². The Bertz CT molecular complexity index is 160. The van der Waals surface area contributed by atoms with Gasteiger partial charge in [-0.05, 0) is 12.3 Å². The molecule has 0 aliphatic carbocycles. The molecule has 0 saturated carbocycles. The molecule has 1 unspecified atom stereocenters. The molecule has 0 bridgehead atoms. The van der Waals surface area contributed by atoms with Crippen molar-refractivity contribution in [3.8, 4) is 0 Å². The Morgan fingerprint density at radius 3 is 2.50 bits per heavy atom. The summed E-state index contributed by atoms with van der Waals surface area (Å²) in [5.74, 6) is 0.377. The maximum atomic E-state index is 11.3. The molecule has 2 N–H and O–H groups in total. The van der Waals surface area contributed by atoms with E-state index in [0.717, 1.165) is 6.42 Å². The van der Waals surface area contributed by atoms with Crippen LogP contribution >= 0.6 is 0 Å². The van der Waals surface area contributed by atoms with E-state index in [0.29, 0.717) is 19.1 Å². The third-order valence-corrected chi connectivity index (χ3v) is 2.00. The fourth-order valence-electron chi connectivity index (χ4n) is 1.04. The van der Waals surface area contributed by atoms with Crippen LogP contribution in [-0.4, -0.2) is 32.3 Å². The summed E-state index contributed by atoms with van der Waals surface area (Å²) in [4.78, 5) is 11.3. The van der Waals surface area contributed by atoms with Crippen LogP contribution in [0.1, 0.15) is 27.2 Å². The summed E-state index contributed by atoms with van der Waals surface area (Å²) in [6.07, 6.45) is 0.948. The number of rotatable bonds is 6. The van der Waals surface area contributed by atoms with Gasteiger partial charge in [-0.2, -0.15) is 0 Å². The maximum Gasteiger partial charge on any atom is 0.315 e. The smallest absolute Gasteiger partial charge is 0.315 e. The van der Waals surface area contributed by atoms with Gasteiger partial charge >= 0.3 is 6.03 Å². The zero-order valence-corrected chi connectivity index (χ0v) is 9.59. The molecular formula is C10H22N2O2. The first-order valence-corrected chi connectivity index (χ1v) is 5.15. The lowest BCUT2D eigenvalue weighted by Crippen LogP contribution is -2.46. The van der Waals surface area contributed by atoms with Crippen molar-refractivity contribution in [2.75, 3.05) is 20.3 Å². The number of carbonyl (C=O) groups excluding carboxylic acids is 1. The van der Waals surface area contributed by atoms with E-state index < -0.39 is 0 Å². The minimum atomic E-state index is -0.109. The zero-order chi connectivity index (χ0) is 11.0. The van der Waals surface area contributed by atoms with Crippen LogP contribution in [0, 0.1) is 5.92 Å². The van der Waals surface area contributed by atoms with E-state index in [1.54, 1.807) is 7.11 Å². The fraction of sp³-hybridized carbons (Fsp3) is 0.900. The van der Waals surface area contributed by atoms with Crippen molar-refractivity contribution in [3.63, 3.8) is 0 Å². The molecule has 0 aliphatic rings. The Hall–Kier alpha value is -0.770. The summed E-state index contributed by atoms with van der Waals surface area (Å²) >= 11 is 0. The fourth-order valence-corrected chi connectivity index (χ4v) is 1.04. The van der Waals surface area contributed by atoms with E-state index in [-0.39, 0.29) is 12.1 Å². The summed E-state index contributed by atoms with van der Waals surface area (Å²) in [6, 6.07) is -0.0283. The first-order chi connectivity index (χ1) is 6.61. The predicted molar refractivity (Wildman–Crippen MR) is 57.3 cm³/mol. The Morgan fingerprint density at radius 2 is 2.07 bits per heavy atom. The Labute approximate surface area is 86.4 Å². The highest BCUT2D eigenvalue weighted by Gasteiger charge is 2.14. The molecule has 4 nitrogen and oxygen atoms in total. The van der Waals surface area contributed by atoms with Crippen LogP contribution in [0.3, 0.4) is 0 Å². The molecule has 0 heterocycles. The highest BCUT2D eigenvalue weighted by molar-refractivity contribution is 5.74. The second-order valence-electron chi connectivity index (χ2n) is 3.71. The molecule has 4 heteroatoms. The van der Waals surface area contributed by atoms with Crippen molar-refractivity contribution < 1.29 is 9.53 Å². The van der Waals surface area contributed by atoms with Crippen LogP contribution in [0.15, 0.2) is 0 Å². The zero-order valence-electron chi connectivity index (χ0n) is 9.59. The maximum absolute atomic E-state index is 11.3. The molecule has 0 radical (unpaired) electrons. The monoisotopic (exact) mass is 202 g/mol. The SMILES string of the molecule is CCCNC(=O)NC(COC)C(C)C. The molecule has 0 fully saturated rings. The van der Waals surface area contributed by atoms with Gasteiger partial charge in [0.25, 0.3) is 0 Å². The number of hydrogen-bond donors (Lipinski definition) is 2. The lowest BCUT2D eigenvalue weighted by Gasteiger charge is -2.21. The number of methoxy groups -OCH3 is 1. The van der Waals surface area contributed by atoms with E-state index in [9.17, 15) is 4.79 Å². The van der Waals surface area contributed by atoms with E-state index in [1.807, 2.05) is 6.92 Å². The van der Waals surface area contributed by atoms with Crippen molar-refractivity contribution in [3.05, 3.63) is 0 Å². The molecule has 0 spiro atoms. The quantitative estimate of drug-likeness (QED) is 0.683.